The number of ether oxygens (including phenoxy) is 1. The molecular formula is C17H16O2. The highest BCUT2D eigenvalue weighted by atomic mass is 16.5. The van der Waals surface area contributed by atoms with Crippen LogP contribution < -0.4 is 0 Å². The molecule has 1 atom stereocenters. The molecule has 0 N–H and O–H groups in total. The van der Waals surface area contributed by atoms with Crippen LogP contribution in [0.1, 0.15) is 30.4 Å². The average Bonchev–Trinajstić information content (AvgIpc) is 2.80. The van der Waals surface area contributed by atoms with Gasteiger partial charge in [-0.25, -0.2) is 0 Å². The summed E-state index contributed by atoms with van der Waals surface area (Å²) in [4.78, 5) is 10.7. The molecule has 0 heterocycles. The molecule has 0 fully saturated rings. The van der Waals surface area contributed by atoms with E-state index in [1.54, 1.807) is 0 Å². The summed E-state index contributed by atoms with van der Waals surface area (Å²) < 4.78 is 5.31. The van der Waals surface area contributed by atoms with Gasteiger partial charge in [0.1, 0.15) is 6.10 Å². The summed E-state index contributed by atoms with van der Waals surface area (Å²) in [5.74, 6) is 0.155. The summed E-state index contributed by atoms with van der Waals surface area (Å²) in [6.45, 7) is 2.62. The summed E-state index contributed by atoms with van der Waals surface area (Å²) in [7, 11) is 0. The monoisotopic (exact) mass is 252 g/mol. The van der Waals surface area contributed by atoms with Crippen molar-refractivity contribution in [2.45, 2.75) is 25.4 Å². The highest BCUT2D eigenvalue weighted by Gasteiger charge is 2.34. The maximum atomic E-state index is 10.7. The number of benzene rings is 2. The van der Waals surface area contributed by atoms with Crippen molar-refractivity contribution >= 4 is 6.47 Å². The van der Waals surface area contributed by atoms with Gasteiger partial charge in [-0.05, 0) is 28.7 Å². The lowest BCUT2D eigenvalue weighted by Crippen LogP contribution is -2.20. The SMILES string of the molecule is CCC(OC=O)C1c2ccccc2-c2ccccc21. The molecule has 1 aliphatic carbocycles. The minimum atomic E-state index is -0.0951. The predicted molar refractivity (Wildman–Crippen MR) is 74.9 cm³/mol. The second kappa shape index (κ2) is 4.88. The first-order valence-electron chi connectivity index (χ1n) is 6.64. The van der Waals surface area contributed by atoms with Crippen molar-refractivity contribution in [3.05, 3.63) is 59.7 Å². The van der Waals surface area contributed by atoms with Crippen molar-refractivity contribution < 1.29 is 9.53 Å². The summed E-state index contributed by atoms with van der Waals surface area (Å²) in [5.41, 5.74) is 5.04. The first kappa shape index (κ1) is 12.0. The fourth-order valence-electron chi connectivity index (χ4n) is 3.08. The maximum Gasteiger partial charge on any atom is 0.293 e. The van der Waals surface area contributed by atoms with Gasteiger partial charge in [-0.15, -0.1) is 0 Å². The molecule has 0 saturated carbocycles. The van der Waals surface area contributed by atoms with E-state index in [1.165, 1.54) is 22.3 Å². The van der Waals surface area contributed by atoms with Crippen LogP contribution in [0.4, 0.5) is 0 Å². The van der Waals surface area contributed by atoms with E-state index in [-0.39, 0.29) is 12.0 Å². The van der Waals surface area contributed by atoms with Gasteiger partial charge in [0.2, 0.25) is 0 Å². The molecule has 2 heteroatoms. The summed E-state index contributed by atoms with van der Waals surface area (Å²) in [6.07, 6.45) is 0.716. The lowest BCUT2D eigenvalue weighted by Gasteiger charge is -2.22. The van der Waals surface area contributed by atoms with Crippen LogP contribution >= 0.6 is 0 Å². The topological polar surface area (TPSA) is 26.3 Å². The first-order chi connectivity index (χ1) is 9.36. The quantitative estimate of drug-likeness (QED) is 0.775. The normalized spacial score (nSPS) is 14.6. The molecule has 0 saturated heterocycles. The van der Waals surface area contributed by atoms with Crippen LogP contribution in [0.2, 0.25) is 0 Å². The predicted octanol–water partition coefficient (Wildman–Crippen LogP) is 3.75. The molecule has 0 aliphatic heterocycles. The van der Waals surface area contributed by atoms with E-state index in [0.29, 0.717) is 6.47 Å². The third-order valence-electron chi connectivity index (χ3n) is 3.89. The van der Waals surface area contributed by atoms with Gasteiger partial charge in [-0.1, -0.05) is 55.5 Å². The minimum absolute atomic E-state index is 0.0951. The standard InChI is InChI=1S/C17H16O2/c1-2-16(19-11-18)17-14-9-5-3-7-12(14)13-8-4-6-10-15(13)17/h3-11,16-17H,2H2,1H3. The Bertz CT molecular complexity index is 558. The zero-order chi connectivity index (χ0) is 13.2. The Kier molecular flexibility index (Phi) is 3.08. The van der Waals surface area contributed by atoms with E-state index in [4.69, 9.17) is 4.74 Å². The molecule has 1 aliphatic rings. The fourth-order valence-corrected chi connectivity index (χ4v) is 3.08. The lowest BCUT2D eigenvalue weighted by molar-refractivity contribution is -0.134. The third kappa shape index (κ3) is 1.84. The molecule has 1 unspecified atom stereocenters. The Morgan fingerprint density at radius 1 is 1.05 bits per heavy atom. The van der Waals surface area contributed by atoms with Crippen LogP contribution in [0.3, 0.4) is 0 Å². The van der Waals surface area contributed by atoms with Crippen LogP contribution in [0.25, 0.3) is 11.1 Å². The number of hydrogen-bond acceptors (Lipinski definition) is 2. The van der Waals surface area contributed by atoms with E-state index in [2.05, 4.69) is 43.3 Å². The van der Waals surface area contributed by atoms with E-state index in [0.717, 1.165) is 6.42 Å². The number of fused-ring (bicyclic) bond motifs is 3. The van der Waals surface area contributed by atoms with Gasteiger partial charge in [0, 0.05) is 5.92 Å². The summed E-state index contributed by atoms with van der Waals surface area (Å²) >= 11 is 0. The van der Waals surface area contributed by atoms with Crippen LogP contribution in [0.15, 0.2) is 48.5 Å². The maximum absolute atomic E-state index is 10.7. The van der Waals surface area contributed by atoms with Crippen molar-refractivity contribution in [3.63, 3.8) is 0 Å². The minimum Gasteiger partial charge on any atom is -0.464 e. The molecule has 0 spiro atoms. The summed E-state index contributed by atoms with van der Waals surface area (Å²) in [6, 6.07) is 16.8. The van der Waals surface area contributed by atoms with E-state index < -0.39 is 0 Å². The van der Waals surface area contributed by atoms with Crippen molar-refractivity contribution in [1.82, 2.24) is 0 Å². The van der Waals surface area contributed by atoms with Crippen molar-refractivity contribution in [2.75, 3.05) is 0 Å². The smallest absolute Gasteiger partial charge is 0.293 e. The second-order valence-corrected chi connectivity index (χ2v) is 4.83. The molecule has 0 bridgehead atoms. The molecule has 2 aromatic carbocycles. The Morgan fingerprint density at radius 2 is 1.58 bits per heavy atom. The number of hydrogen-bond donors (Lipinski definition) is 0. The van der Waals surface area contributed by atoms with Crippen LogP contribution in [0.5, 0.6) is 0 Å². The van der Waals surface area contributed by atoms with Gasteiger partial charge in [0.25, 0.3) is 6.47 Å². The zero-order valence-corrected chi connectivity index (χ0v) is 10.9. The molecule has 3 rings (SSSR count). The molecular weight excluding hydrogens is 236 g/mol. The van der Waals surface area contributed by atoms with Gasteiger partial charge in [0.15, 0.2) is 0 Å². The zero-order valence-electron chi connectivity index (χ0n) is 10.9. The number of carbonyl (C=O) groups excluding carboxylic acids is 1. The summed E-state index contributed by atoms with van der Waals surface area (Å²) in [5, 5.41) is 0. The highest BCUT2D eigenvalue weighted by molar-refractivity contribution is 5.79. The Balaban J connectivity index is 2.16. The molecule has 19 heavy (non-hydrogen) atoms. The first-order valence-corrected chi connectivity index (χ1v) is 6.64. The third-order valence-corrected chi connectivity index (χ3v) is 3.89. The van der Waals surface area contributed by atoms with Gasteiger partial charge in [0.05, 0.1) is 0 Å². The van der Waals surface area contributed by atoms with Gasteiger partial charge in [-0.3, -0.25) is 4.79 Å². The molecule has 0 aromatic heterocycles. The van der Waals surface area contributed by atoms with E-state index in [9.17, 15) is 4.79 Å². The number of carbonyl (C=O) groups is 1. The Labute approximate surface area is 113 Å². The van der Waals surface area contributed by atoms with E-state index >= 15 is 0 Å². The van der Waals surface area contributed by atoms with Gasteiger partial charge in [-0.2, -0.15) is 0 Å². The molecule has 2 aromatic rings. The molecule has 96 valence electrons. The van der Waals surface area contributed by atoms with Gasteiger partial charge < -0.3 is 4.74 Å². The molecule has 0 amide bonds. The fraction of sp³-hybridized carbons (Fsp3) is 0.235. The van der Waals surface area contributed by atoms with Crippen LogP contribution in [0, 0.1) is 0 Å². The van der Waals surface area contributed by atoms with Crippen LogP contribution in [-0.4, -0.2) is 12.6 Å². The second-order valence-electron chi connectivity index (χ2n) is 4.83. The largest absolute Gasteiger partial charge is 0.464 e. The lowest BCUT2D eigenvalue weighted by atomic mass is 9.90. The Hall–Kier alpha value is -2.09. The van der Waals surface area contributed by atoms with Gasteiger partial charge >= 0.3 is 0 Å². The van der Waals surface area contributed by atoms with Crippen LogP contribution in [-0.2, 0) is 9.53 Å². The van der Waals surface area contributed by atoms with Crippen molar-refractivity contribution in [2.24, 2.45) is 0 Å². The van der Waals surface area contributed by atoms with Crippen molar-refractivity contribution in [1.29, 1.82) is 0 Å². The van der Waals surface area contributed by atoms with E-state index in [1.807, 2.05) is 12.1 Å². The number of rotatable bonds is 4. The average molecular weight is 252 g/mol. The molecule has 0 radical (unpaired) electrons. The highest BCUT2D eigenvalue weighted by Crippen LogP contribution is 2.47. The van der Waals surface area contributed by atoms with Crippen molar-refractivity contribution in [3.8, 4) is 11.1 Å². The molecule has 2 nitrogen and oxygen atoms in total. The Morgan fingerprint density at radius 3 is 2.05 bits per heavy atom.